The molecule has 2 aromatic rings. The molecule has 0 saturated carbocycles. The summed E-state index contributed by atoms with van der Waals surface area (Å²) in [5.74, 6) is 0.936. The second-order valence-electron chi connectivity index (χ2n) is 5.68. The molecule has 0 aliphatic rings. The number of rotatable bonds is 7. The van der Waals surface area contributed by atoms with Gasteiger partial charge in [0.25, 0.3) is 0 Å². The van der Waals surface area contributed by atoms with E-state index >= 15 is 0 Å². The Balaban J connectivity index is 2.35. The molecule has 2 aromatic carbocycles. The molecule has 0 radical (unpaired) electrons. The lowest BCUT2D eigenvalue weighted by atomic mass is 10.0. The maximum absolute atomic E-state index is 6.06. The molecule has 3 heteroatoms. The number of ether oxygens (including phenoxy) is 2. The first-order valence-electron chi connectivity index (χ1n) is 7.51. The van der Waals surface area contributed by atoms with Crippen molar-refractivity contribution in [3.63, 3.8) is 0 Å². The molecule has 0 spiro atoms. The highest BCUT2D eigenvalue weighted by Crippen LogP contribution is 2.29. The van der Waals surface area contributed by atoms with E-state index in [9.17, 15) is 0 Å². The fourth-order valence-electron chi connectivity index (χ4n) is 2.40. The van der Waals surface area contributed by atoms with Gasteiger partial charge in [-0.25, -0.2) is 0 Å². The fraction of sp³-hybridized carbons (Fsp3) is 0.444. The lowest BCUT2D eigenvalue weighted by Crippen LogP contribution is -2.24. The van der Waals surface area contributed by atoms with Crippen LogP contribution in [0.25, 0.3) is 10.8 Å². The first kappa shape index (κ1) is 15.8. The van der Waals surface area contributed by atoms with E-state index < -0.39 is 0 Å². The Morgan fingerprint density at radius 2 is 1.81 bits per heavy atom. The molecule has 0 saturated heterocycles. The molecule has 0 heterocycles. The summed E-state index contributed by atoms with van der Waals surface area (Å²) in [6.07, 6.45) is 0.0361. The number of nitrogens with one attached hydrogen (secondary N) is 1. The van der Waals surface area contributed by atoms with Crippen LogP contribution in [0.3, 0.4) is 0 Å². The average molecular weight is 287 g/mol. The normalized spacial score (nSPS) is 12.8. The zero-order valence-electron chi connectivity index (χ0n) is 13.3. The molecule has 114 valence electrons. The molecule has 3 nitrogen and oxygen atoms in total. The van der Waals surface area contributed by atoms with Crippen molar-refractivity contribution in [2.75, 3.05) is 13.7 Å². The van der Waals surface area contributed by atoms with Gasteiger partial charge in [0.05, 0.1) is 6.61 Å². The van der Waals surface area contributed by atoms with Gasteiger partial charge in [0, 0.05) is 25.3 Å². The standard InChI is InChI=1S/C18H25NO2/c1-13(2)19-11-17-16-8-6-5-7-15(16)9-10-18(17)21-14(3)12-20-4/h5-10,13-14,19H,11-12H2,1-4H3. The monoisotopic (exact) mass is 287 g/mol. The third kappa shape index (κ3) is 4.19. The SMILES string of the molecule is COCC(C)Oc1ccc2ccccc2c1CNC(C)C. The summed E-state index contributed by atoms with van der Waals surface area (Å²) in [4.78, 5) is 0. The van der Waals surface area contributed by atoms with Gasteiger partial charge >= 0.3 is 0 Å². The van der Waals surface area contributed by atoms with Crippen LogP contribution in [0, 0.1) is 0 Å². The maximum atomic E-state index is 6.06. The Labute approximate surface area is 127 Å². The van der Waals surface area contributed by atoms with Crippen molar-refractivity contribution in [3.8, 4) is 5.75 Å². The fourth-order valence-corrected chi connectivity index (χ4v) is 2.40. The second-order valence-corrected chi connectivity index (χ2v) is 5.68. The Hall–Kier alpha value is -1.58. The zero-order chi connectivity index (χ0) is 15.2. The number of methoxy groups -OCH3 is 1. The largest absolute Gasteiger partial charge is 0.488 e. The molecule has 0 aromatic heterocycles. The minimum atomic E-state index is 0.0361. The van der Waals surface area contributed by atoms with E-state index in [4.69, 9.17) is 9.47 Å². The van der Waals surface area contributed by atoms with Crippen molar-refractivity contribution in [2.45, 2.75) is 39.5 Å². The molecular formula is C18H25NO2. The number of benzene rings is 2. The lowest BCUT2D eigenvalue weighted by Gasteiger charge is -2.19. The molecule has 1 atom stereocenters. The van der Waals surface area contributed by atoms with Gasteiger partial charge < -0.3 is 14.8 Å². The first-order valence-corrected chi connectivity index (χ1v) is 7.51. The van der Waals surface area contributed by atoms with Crippen molar-refractivity contribution < 1.29 is 9.47 Å². The van der Waals surface area contributed by atoms with E-state index in [0.717, 1.165) is 12.3 Å². The predicted octanol–water partition coefficient (Wildman–Crippen LogP) is 3.75. The lowest BCUT2D eigenvalue weighted by molar-refractivity contribution is 0.0914. The average Bonchev–Trinajstić information content (AvgIpc) is 2.46. The Bertz CT molecular complexity index is 580. The summed E-state index contributed by atoms with van der Waals surface area (Å²) in [5, 5.41) is 5.97. The van der Waals surface area contributed by atoms with E-state index in [0.29, 0.717) is 12.6 Å². The summed E-state index contributed by atoms with van der Waals surface area (Å²) in [6, 6.07) is 13.0. The van der Waals surface area contributed by atoms with E-state index in [1.165, 1.54) is 16.3 Å². The van der Waals surface area contributed by atoms with E-state index in [1.54, 1.807) is 7.11 Å². The summed E-state index contributed by atoms with van der Waals surface area (Å²) in [6.45, 7) is 7.72. The highest BCUT2D eigenvalue weighted by atomic mass is 16.5. The van der Waals surface area contributed by atoms with Gasteiger partial charge in [-0.15, -0.1) is 0 Å². The van der Waals surface area contributed by atoms with Crippen LogP contribution in [-0.4, -0.2) is 25.9 Å². The molecular weight excluding hydrogens is 262 g/mol. The highest BCUT2D eigenvalue weighted by Gasteiger charge is 2.12. The molecule has 0 bridgehead atoms. The van der Waals surface area contributed by atoms with Crippen LogP contribution in [0.4, 0.5) is 0 Å². The van der Waals surface area contributed by atoms with E-state index in [2.05, 4.69) is 55.6 Å². The summed E-state index contributed by atoms with van der Waals surface area (Å²) in [7, 11) is 1.70. The van der Waals surface area contributed by atoms with Crippen molar-refractivity contribution in [3.05, 3.63) is 42.0 Å². The van der Waals surface area contributed by atoms with Crippen molar-refractivity contribution in [1.29, 1.82) is 0 Å². The van der Waals surface area contributed by atoms with Gasteiger partial charge in [-0.05, 0) is 23.8 Å². The number of fused-ring (bicyclic) bond motifs is 1. The third-order valence-electron chi connectivity index (χ3n) is 3.41. The quantitative estimate of drug-likeness (QED) is 0.841. The molecule has 0 amide bonds. The van der Waals surface area contributed by atoms with Crippen molar-refractivity contribution >= 4 is 10.8 Å². The highest BCUT2D eigenvalue weighted by molar-refractivity contribution is 5.87. The van der Waals surface area contributed by atoms with E-state index in [1.807, 2.05) is 6.92 Å². The molecule has 2 rings (SSSR count). The summed E-state index contributed by atoms with van der Waals surface area (Å²) < 4.78 is 11.2. The van der Waals surface area contributed by atoms with Gasteiger partial charge in [-0.1, -0.05) is 44.2 Å². The number of hydrogen-bond donors (Lipinski definition) is 1. The topological polar surface area (TPSA) is 30.5 Å². The summed E-state index contributed by atoms with van der Waals surface area (Å²) >= 11 is 0. The second kappa shape index (κ2) is 7.43. The molecule has 1 N–H and O–H groups in total. The van der Waals surface area contributed by atoms with Crippen LogP contribution >= 0.6 is 0 Å². The van der Waals surface area contributed by atoms with Gasteiger partial charge in [-0.3, -0.25) is 0 Å². The van der Waals surface area contributed by atoms with Gasteiger partial charge in [-0.2, -0.15) is 0 Å². The predicted molar refractivity (Wildman–Crippen MR) is 87.9 cm³/mol. The van der Waals surface area contributed by atoms with Gasteiger partial charge in [0.2, 0.25) is 0 Å². The minimum absolute atomic E-state index is 0.0361. The summed E-state index contributed by atoms with van der Waals surface area (Å²) in [5.41, 5.74) is 1.21. The van der Waals surface area contributed by atoms with Crippen LogP contribution in [0.1, 0.15) is 26.3 Å². The molecule has 1 unspecified atom stereocenters. The van der Waals surface area contributed by atoms with Crippen LogP contribution in [0.15, 0.2) is 36.4 Å². The van der Waals surface area contributed by atoms with Crippen LogP contribution in [0.5, 0.6) is 5.75 Å². The molecule has 0 aliphatic heterocycles. The Morgan fingerprint density at radius 1 is 1.05 bits per heavy atom. The van der Waals surface area contributed by atoms with Crippen LogP contribution in [-0.2, 0) is 11.3 Å². The number of hydrogen-bond acceptors (Lipinski definition) is 3. The first-order chi connectivity index (χ1) is 10.1. The molecule has 0 aliphatic carbocycles. The van der Waals surface area contributed by atoms with Gasteiger partial charge in [0.1, 0.15) is 11.9 Å². The van der Waals surface area contributed by atoms with Crippen LogP contribution in [0.2, 0.25) is 0 Å². The Morgan fingerprint density at radius 3 is 2.52 bits per heavy atom. The third-order valence-corrected chi connectivity index (χ3v) is 3.41. The Kier molecular flexibility index (Phi) is 5.59. The molecule has 21 heavy (non-hydrogen) atoms. The smallest absolute Gasteiger partial charge is 0.124 e. The van der Waals surface area contributed by atoms with E-state index in [-0.39, 0.29) is 6.10 Å². The minimum Gasteiger partial charge on any atom is -0.488 e. The molecule has 0 fully saturated rings. The van der Waals surface area contributed by atoms with Crippen molar-refractivity contribution in [2.24, 2.45) is 0 Å². The van der Waals surface area contributed by atoms with Crippen LogP contribution < -0.4 is 10.1 Å². The van der Waals surface area contributed by atoms with Crippen molar-refractivity contribution in [1.82, 2.24) is 5.32 Å². The zero-order valence-corrected chi connectivity index (χ0v) is 13.3. The van der Waals surface area contributed by atoms with Gasteiger partial charge in [0.15, 0.2) is 0 Å². The maximum Gasteiger partial charge on any atom is 0.124 e.